The summed E-state index contributed by atoms with van der Waals surface area (Å²) in [5, 5.41) is 10.0. The van der Waals surface area contributed by atoms with Crippen LogP contribution in [0, 0.1) is 0 Å². The van der Waals surface area contributed by atoms with E-state index in [1.807, 2.05) is 0 Å². The molecule has 0 bridgehead atoms. The van der Waals surface area contributed by atoms with Crippen LogP contribution >= 0.6 is 0 Å². The maximum absolute atomic E-state index is 11.2. The van der Waals surface area contributed by atoms with E-state index in [9.17, 15) is 19.5 Å². The van der Waals surface area contributed by atoms with E-state index in [2.05, 4.69) is 0 Å². The third-order valence-corrected chi connectivity index (χ3v) is 2.76. The van der Waals surface area contributed by atoms with E-state index in [1.54, 1.807) is 0 Å². The van der Waals surface area contributed by atoms with Crippen LogP contribution in [0.25, 0.3) is 0 Å². The molecule has 1 rings (SSSR count). The number of carbonyl (C=O) groups excluding carboxylic acids is 3. The minimum atomic E-state index is -2.39. The molecule has 1 fully saturated rings. The fourth-order valence-electron chi connectivity index (χ4n) is 2.11. The van der Waals surface area contributed by atoms with Crippen molar-refractivity contribution in [2.45, 2.75) is 58.0 Å². The quantitative estimate of drug-likeness (QED) is 0.374. The Morgan fingerprint density at radius 1 is 1.00 bits per heavy atom. The summed E-state index contributed by atoms with van der Waals surface area (Å²) in [6.45, 7) is 4.82. The molecule has 0 spiro atoms. The molecule has 0 aromatic heterocycles. The summed E-state index contributed by atoms with van der Waals surface area (Å²) < 4.78 is 20.0. The van der Waals surface area contributed by atoms with Crippen LogP contribution < -0.4 is 5.73 Å². The zero-order chi connectivity index (χ0) is 16.4. The van der Waals surface area contributed by atoms with Crippen molar-refractivity contribution in [1.82, 2.24) is 0 Å². The number of carbonyl (C=O) groups is 3. The molecule has 0 aromatic rings. The van der Waals surface area contributed by atoms with E-state index < -0.39 is 48.2 Å². The molecule has 0 saturated carbocycles. The topological polar surface area (TPSA) is 134 Å². The molecule has 1 heterocycles. The van der Waals surface area contributed by atoms with E-state index in [1.165, 1.54) is 6.92 Å². The number of esters is 3. The molecule has 5 atom stereocenters. The van der Waals surface area contributed by atoms with Gasteiger partial charge in [0.15, 0.2) is 12.2 Å². The number of ether oxygens (including phenoxy) is 4. The fraction of sp³-hybridized carbons (Fsp3) is 0.750. The van der Waals surface area contributed by atoms with Gasteiger partial charge < -0.3 is 24.1 Å². The minimum absolute atomic E-state index is 0.656. The first kappa shape index (κ1) is 17.3. The van der Waals surface area contributed by atoms with Crippen molar-refractivity contribution in [3.63, 3.8) is 0 Å². The Morgan fingerprint density at radius 2 is 1.43 bits per heavy atom. The molecular weight excluding hydrogens is 286 g/mol. The van der Waals surface area contributed by atoms with Crippen LogP contribution in [-0.4, -0.2) is 53.3 Å². The maximum Gasteiger partial charge on any atom is 0.303 e. The molecule has 0 amide bonds. The van der Waals surface area contributed by atoms with Crippen molar-refractivity contribution in [3.05, 3.63) is 0 Å². The second-order valence-corrected chi connectivity index (χ2v) is 4.75. The smallest absolute Gasteiger partial charge is 0.303 e. The third kappa shape index (κ3) is 4.38. The lowest BCUT2D eigenvalue weighted by Crippen LogP contribution is -2.70. The predicted molar refractivity (Wildman–Crippen MR) is 66.3 cm³/mol. The summed E-state index contributed by atoms with van der Waals surface area (Å²) in [5.74, 6) is -4.54. The Balaban J connectivity index is 3.15. The zero-order valence-electron chi connectivity index (χ0n) is 12.2. The average molecular weight is 305 g/mol. The van der Waals surface area contributed by atoms with Gasteiger partial charge in [-0.15, -0.1) is 0 Å². The van der Waals surface area contributed by atoms with Crippen molar-refractivity contribution in [2.75, 3.05) is 0 Å². The highest BCUT2D eigenvalue weighted by Crippen LogP contribution is 2.31. The second-order valence-electron chi connectivity index (χ2n) is 4.75. The van der Waals surface area contributed by atoms with Gasteiger partial charge in [0.05, 0.1) is 0 Å². The van der Waals surface area contributed by atoms with Crippen LogP contribution in [0.3, 0.4) is 0 Å². The van der Waals surface area contributed by atoms with Crippen LogP contribution in [0.15, 0.2) is 0 Å². The molecule has 1 aliphatic heterocycles. The second kappa shape index (κ2) is 6.37. The molecule has 120 valence electrons. The summed E-state index contributed by atoms with van der Waals surface area (Å²) >= 11 is 0. The van der Waals surface area contributed by atoms with Gasteiger partial charge in [0.25, 0.3) is 5.91 Å². The minimum Gasteiger partial charge on any atom is -0.456 e. The lowest BCUT2D eigenvalue weighted by Gasteiger charge is -2.46. The third-order valence-electron chi connectivity index (χ3n) is 2.76. The summed E-state index contributed by atoms with van der Waals surface area (Å²) in [5.41, 5.74) is 5.54. The van der Waals surface area contributed by atoms with Gasteiger partial charge in [-0.25, -0.2) is 0 Å². The van der Waals surface area contributed by atoms with Crippen molar-refractivity contribution in [1.29, 1.82) is 0 Å². The SMILES string of the molecule is CC(=O)O[C@@H]1[C@@H](OC(C)=O)[C@@H](OC(C)=O)[C@](N)(O)O[C@H]1C. The number of rotatable bonds is 3. The number of hydrogen-bond acceptors (Lipinski definition) is 9. The monoisotopic (exact) mass is 305 g/mol. The van der Waals surface area contributed by atoms with E-state index >= 15 is 0 Å². The summed E-state index contributed by atoms with van der Waals surface area (Å²) in [6.07, 6.45) is -4.81. The molecule has 9 nitrogen and oxygen atoms in total. The van der Waals surface area contributed by atoms with Gasteiger partial charge in [-0.1, -0.05) is 0 Å². The fourth-order valence-corrected chi connectivity index (χ4v) is 2.11. The molecule has 0 unspecified atom stereocenters. The van der Waals surface area contributed by atoms with Gasteiger partial charge in [0, 0.05) is 20.8 Å². The van der Waals surface area contributed by atoms with Crippen molar-refractivity contribution in [2.24, 2.45) is 5.73 Å². The van der Waals surface area contributed by atoms with Crippen LogP contribution in [0.2, 0.25) is 0 Å². The van der Waals surface area contributed by atoms with Crippen LogP contribution in [0.4, 0.5) is 0 Å². The highest BCUT2D eigenvalue weighted by molar-refractivity contribution is 5.68. The maximum atomic E-state index is 11.2. The van der Waals surface area contributed by atoms with E-state index in [-0.39, 0.29) is 0 Å². The highest BCUT2D eigenvalue weighted by Gasteiger charge is 2.56. The largest absolute Gasteiger partial charge is 0.456 e. The summed E-state index contributed by atoms with van der Waals surface area (Å²) in [7, 11) is 0. The first-order chi connectivity index (χ1) is 9.54. The van der Waals surface area contributed by atoms with Gasteiger partial charge in [-0.2, -0.15) is 0 Å². The molecule has 1 saturated heterocycles. The van der Waals surface area contributed by atoms with Gasteiger partial charge >= 0.3 is 17.9 Å². The normalized spacial score (nSPS) is 35.7. The average Bonchev–Trinajstić information content (AvgIpc) is 2.27. The van der Waals surface area contributed by atoms with Crippen LogP contribution in [0.1, 0.15) is 27.7 Å². The first-order valence-electron chi connectivity index (χ1n) is 6.25. The zero-order valence-corrected chi connectivity index (χ0v) is 12.2. The van der Waals surface area contributed by atoms with Crippen LogP contribution in [-0.2, 0) is 33.3 Å². The molecule has 21 heavy (non-hydrogen) atoms. The van der Waals surface area contributed by atoms with E-state index in [0.29, 0.717) is 0 Å². The Morgan fingerprint density at radius 3 is 1.86 bits per heavy atom. The summed E-state index contributed by atoms with van der Waals surface area (Å²) in [6, 6.07) is 0. The lowest BCUT2D eigenvalue weighted by atomic mass is 9.96. The van der Waals surface area contributed by atoms with Crippen molar-refractivity contribution < 1.29 is 38.4 Å². The Bertz CT molecular complexity index is 435. The van der Waals surface area contributed by atoms with Gasteiger partial charge in [0.1, 0.15) is 6.10 Å². The predicted octanol–water partition coefficient (Wildman–Crippen LogP) is -1.19. The molecule has 0 aromatic carbocycles. The van der Waals surface area contributed by atoms with E-state index in [0.717, 1.165) is 20.8 Å². The van der Waals surface area contributed by atoms with Gasteiger partial charge in [0.2, 0.25) is 6.10 Å². The van der Waals surface area contributed by atoms with Crippen molar-refractivity contribution >= 4 is 17.9 Å². The van der Waals surface area contributed by atoms with Gasteiger partial charge in [-0.05, 0) is 6.92 Å². The molecule has 0 radical (unpaired) electrons. The standard InChI is InChI=1S/C12H19NO8/c1-5-9(18-6(2)14)10(19-7(3)15)11(20-8(4)16)12(13,17)21-5/h5,9-11,17H,13H2,1-4H3/t5-,9-,10+,11+,12-/m0/s1. The molecular formula is C12H19NO8. The highest BCUT2D eigenvalue weighted by atomic mass is 16.7. The Hall–Kier alpha value is -1.71. The summed E-state index contributed by atoms with van der Waals surface area (Å²) in [4.78, 5) is 33.5. The molecule has 0 aliphatic carbocycles. The molecule has 9 heteroatoms. The number of hydrogen-bond donors (Lipinski definition) is 2. The lowest BCUT2D eigenvalue weighted by molar-refractivity contribution is -0.343. The first-order valence-corrected chi connectivity index (χ1v) is 6.25. The van der Waals surface area contributed by atoms with Crippen LogP contribution in [0.5, 0.6) is 0 Å². The Labute approximate surface area is 121 Å². The molecule has 3 N–H and O–H groups in total. The van der Waals surface area contributed by atoms with E-state index in [4.69, 9.17) is 24.7 Å². The Kier molecular flexibility index (Phi) is 5.26. The number of nitrogens with two attached hydrogens (primary N) is 1. The number of aliphatic hydroxyl groups is 1. The van der Waals surface area contributed by atoms with Gasteiger partial charge in [-0.3, -0.25) is 20.1 Å². The van der Waals surface area contributed by atoms with Crippen molar-refractivity contribution in [3.8, 4) is 0 Å². The molecule has 1 aliphatic rings.